The number of phenols is 1. The SMILES string of the molecule is CCOc1cc(C=Nc2ccc(S(=O)(=O)Nc3ccc(I)cc3)cc2)ccc1O. The van der Waals surface area contributed by atoms with Gasteiger partial charge in [-0.05, 0) is 102 Å². The highest BCUT2D eigenvalue weighted by atomic mass is 127. The third kappa shape index (κ3) is 5.70. The van der Waals surface area contributed by atoms with Crippen molar-refractivity contribution in [3.63, 3.8) is 0 Å². The monoisotopic (exact) mass is 522 g/mol. The van der Waals surface area contributed by atoms with Crippen molar-refractivity contribution >= 4 is 50.2 Å². The number of nitrogens with zero attached hydrogens (tertiary/aromatic N) is 1. The minimum Gasteiger partial charge on any atom is -0.504 e. The molecule has 29 heavy (non-hydrogen) atoms. The van der Waals surface area contributed by atoms with E-state index in [1.807, 2.05) is 19.1 Å². The van der Waals surface area contributed by atoms with Gasteiger partial charge >= 0.3 is 0 Å². The van der Waals surface area contributed by atoms with Crippen molar-refractivity contribution in [3.05, 3.63) is 75.9 Å². The van der Waals surface area contributed by atoms with Crippen molar-refractivity contribution in [2.45, 2.75) is 11.8 Å². The third-order valence-electron chi connectivity index (χ3n) is 3.89. The van der Waals surface area contributed by atoms with Gasteiger partial charge in [-0.25, -0.2) is 8.42 Å². The lowest BCUT2D eigenvalue weighted by atomic mass is 10.2. The smallest absolute Gasteiger partial charge is 0.261 e. The molecule has 8 heteroatoms. The Morgan fingerprint density at radius 2 is 1.76 bits per heavy atom. The van der Waals surface area contributed by atoms with E-state index in [1.54, 1.807) is 42.6 Å². The number of benzene rings is 3. The van der Waals surface area contributed by atoms with Gasteiger partial charge < -0.3 is 9.84 Å². The van der Waals surface area contributed by atoms with Gasteiger partial charge in [0.2, 0.25) is 0 Å². The van der Waals surface area contributed by atoms with Gasteiger partial charge in [0, 0.05) is 15.5 Å². The number of hydrogen-bond acceptors (Lipinski definition) is 5. The second kappa shape index (κ2) is 9.27. The molecule has 0 amide bonds. The Morgan fingerprint density at radius 3 is 2.41 bits per heavy atom. The summed E-state index contributed by atoms with van der Waals surface area (Å²) in [5.41, 5.74) is 1.86. The Bertz CT molecular complexity index is 1110. The molecular formula is C21H19IN2O4S. The zero-order valence-electron chi connectivity index (χ0n) is 15.5. The van der Waals surface area contributed by atoms with Gasteiger partial charge in [0.1, 0.15) is 0 Å². The number of rotatable bonds is 7. The first kappa shape index (κ1) is 21.1. The number of hydrogen-bond donors (Lipinski definition) is 2. The molecule has 0 radical (unpaired) electrons. The summed E-state index contributed by atoms with van der Waals surface area (Å²) >= 11 is 2.16. The van der Waals surface area contributed by atoms with E-state index >= 15 is 0 Å². The maximum atomic E-state index is 12.5. The average molecular weight is 522 g/mol. The molecule has 0 aliphatic carbocycles. The lowest BCUT2D eigenvalue weighted by Crippen LogP contribution is -2.12. The number of sulfonamides is 1. The highest BCUT2D eigenvalue weighted by molar-refractivity contribution is 14.1. The van der Waals surface area contributed by atoms with Crippen LogP contribution in [0.1, 0.15) is 12.5 Å². The lowest BCUT2D eigenvalue weighted by molar-refractivity contribution is 0.318. The molecule has 0 heterocycles. The summed E-state index contributed by atoms with van der Waals surface area (Å²) in [6.07, 6.45) is 1.62. The first-order chi connectivity index (χ1) is 13.9. The molecule has 3 rings (SSSR count). The quantitative estimate of drug-likeness (QED) is 0.340. The van der Waals surface area contributed by atoms with Crippen molar-refractivity contribution in [2.75, 3.05) is 11.3 Å². The average Bonchev–Trinajstić information content (AvgIpc) is 2.71. The van der Waals surface area contributed by atoms with Crippen LogP contribution < -0.4 is 9.46 Å². The summed E-state index contributed by atoms with van der Waals surface area (Å²) in [7, 11) is -3.68. The molecule has 0 aliphatic rings. The molecule has 3 aromatic rings. The van der Waals surface area contributed by atoms with Crippen LogP contribution in [0.5, 0.6) is 11.5 Å². The molecule has 0 bridgehead atoms. The first-order valence-corrected chi connectivity index (χ1v) is 11.3. The minimum atomic E-state index is -3.68. The summed E-state index contributed by atoms with van der Waals surface area (Å²) in [6, 6.07) is 18.3. The standard InChI is InChI=1S/C21H19IN2O4S/c1-2-28-21-13-15(3-12-20(21)25)14-23-17-8-10-19(11-9-17)29(26,27)24-18-6-4-16(22)5-7-18/h3-14,24-25H,2H2,1H3. The van der Waals surface area contributed by atoms with Crippen molar-refractivity contribution in [1.29, 1.82) is 0 Å². The third-order valence-corrected chi connectivity index (χ3v) is 6.01. The van der Waals surface area contributed by atoms with E-state index in [4.69, 9.17) is 4.74 Å². The Kier molecular flexibility index (Phi) is 6.75. The molecule has 0 aromatic heterocycles. The van der Waals surface area contributed by atoms with Gasteiger partial charge in [0.25, 0.3) is 10.0 Å². The molecule has 0 saturated heterocycles. The Balaban J connectivity index is 1.73. The summed E-state index contributed by atoms with van der Waals surface area (Å²) in [6.45, 7) is 2.28. The van der Waals surface area contributed by atoms with E-state index in [2.05, 4.69) is 32.3 Å². The van der Waals surface area contributed by atoms with Crippen LogP contribution in [0.3, 0.4) is 0 Å². The van der Waals surface area contributed by atoms with Gasteiger partial charge in [-0.2, -0.15) is 0 Å². The maximum Gasteiger partial charge on any atom is 0.261 e. The van der Waals surface area contributed by atoms with Crippen LogP contribution in [-0.2, 0) is 10.0 Å². The maximum absolute atomic E-state index is 12.5. The molecule has 0 fully saturated rings. The fourth-order valence-electron chi connectivity index (χ4n) is 2.47. The van der Waals surface area contributed by atoms with Gasteiger partial charge in [0.15, 0.2) is 11.5 Å². The lowest BCUT2D eigenvalue weighted by Gasteiger charge is -2.08. The Labute approximate surface area is 183 Å². The zero-order chi connectivity index (χ0) is 20.9. The molecule has 0 saturated carbocycles. The summed E-state index contributed by atoms with van der Waals surface area (Å²) in [4.78, 5) is 4.50. The van der Waals surface area contributed by atoms with E-state index in [1.165, 1.54) is 18.2 Å². The fraction of sp³-hybridized carbons (Fsp3) is 0.0952. The second-order valence-corrected chi connectivity index (χ2v) is 8.95. The predicted octanol–water partition coefficient (Wildman–Crippen LogP) is 4.95. The van der Waals surface area contributed by atoms with Gasteiger partial charge in [0.05, 0.1) is 17.2 Å². The van der Waals surface area contributed by atoms with Crippen molar-refractivity contribution in [2.24, 2.45) is 4.99 Å². The van der Waals surface area contributed by atoms with E-state index in [0.717, 1.165) is 9.13 Å². The Hall–Kier alpha value is -2.59. The largest absolute Gasteiger partial charge is 0.504 e. The molecule has 6 nitrogen and oxygen atoms in total. The van der Waals surface area contributed by atoms with Crippen LogP contribution in [-0.4, -0.2) is 26.3 Å². The molecular weight excluding hydrogens is 503 g/mol. The number of phenolic OH excluding ortho intramolecular Hbond substituents is 1. The second-order valence-electron chi connectivity index (χ2n) is 6.02. The van der Waals surface area contributed by atoms with Crippen LogP contribution in [0.4, 0.5) is 11.4 Å². The predicted molar refractivity (Wildman–Crippen MR) is 123 cm³/mol. The van der Waals surface area contributed by atoms with Crippen LogP contribution in [0.15, 0.2) is 76.6 Å². The van der Waals surface area contributed by atoms with E-state index in [9.17, 15) is 13.5 Å². The molecule has 0 spiro atoms. The van der Waals surface area contributed by atoms with Crippen LogP contribution in [0, 0.1) is 3.57 Å². The highest BCUT2D eigenvalue weighted by Gasteiger charge is 2.13. The van der Waals surface area contributed by atoms with Crippen molar-refractivity contribution in [1.82, 2.24) is 0 Å². The number of aliphatic imine (C=N–C) groups is 1. The van der Waals surface area contributed by atoms with Gasteiger partial charge in [-0.15, -0.1) is 0 Å². The van der Waals surface area contributed by atoms with Crippen LogP contribution in [0.25, 0.3) is 0 Å². The molecule has 0 aliphatic heterocycles. The number of halogens is 1. The normalized spacial score (nSPS) is 11.5. The van der Waals surface area contributed by atoms with Gasteiger partial charge in [-0.1, -0.05) is 0 Å². The molecule has 3 aromatic carbocycles. The van der Waals surface area contributed by atoms with Gasteiger partial charge in [-0.3, -0.25) is 9.71 Å². The summed E-state index contributed by atoms with van der Waals surface area (Å²) < 4.78 is 34.0. The van der Waals surface area contributed by atoms with Crippen molar-refractivity contribution in [3.8, 4) is 11.5 Å². The number of nitrogens with one attached hydrogen (secondary N) is 1. The molecule has 2 N–H and O–H groups in total. The zero-order valence-corrected chi connectivity index (χ0v) is 18.5. The van der Waals surface area contributed by atoms with E-state index < -0.39 is 10.0 Å². The Morgan fingerprint density at radius 1 is 1.07 bits per heavy atom. The minimum absolute atomic E-state index is 0.0687. The molecule has 0 unspecified atom stereocenters. The molecule has 150 valence electrons. The molecule has 0 atom stereocenters. The summed E-state index contributed by atoms with van der Waals surface area (Å²) in [5.74, 6) is 0.457. The topological polar surface area (TPSA) is 88.0 Å². The summed E-state index contributed by atoms with van der Waals surface area (Å²) in [5, 5.41) is 9.74. The van der Waals surface area contributed by atoms with E-state index in [0.29, 0.717) is 23.7 Å². The first-order valence-electron chi connectivity index (χ1n) is 8.76. The van der Waals surface area contributed by atoms with Crippen LogP contribution >= 0.6 is 22.6 Å². The van der Waals surface area contributed by atoms with E-state index in [-0.39, 0.29) is 10.6 Å². The number of aromatic hydroxyl groups is 1. The highest BCUT2D eigenvalue weighted by Crippen LogP contribution is 2.26. The number of ether oxygens (including phenoxy) is 1. The fourth-order valence-corrected chi connectivity index (χ4v) is 3.89. The number of anilines is 1. The van der Waals surface area contributed by atoms with Crippen molar-refractivity contribution < 1.29 is 18.3 Å². The van der Waals surface area contributed by atoms with Crippen LogP contribution in [0.2, 0.25) is 0 Å².